The Balaban J connectivity index is 1.75. The Morgan fingerprint density at radius 3 is 2.74 bits per heavy atom. The highest BCUT2D eigenvalue weighted by Crippen LogP contribution is 2.35. The van der Waals surface area contributed by atoms with Crippen LogP contribution in [0.15, 0.2) is 18.2 Å². The average molecular weight is 436 g/mol. The molecule has 9 nitrogen and oxygen atoms in total. The number of nitrogens with one attached hydrogen (secondary N) is 2. The number of nitrogens with zero attached hydrogens (tertiary/aromatic N) is 1. The zero-order valence-electron chi connectivity index (χ0n) is 17.9. The Morgan fingerprint density at radius 2 is 2.16 bits per heavy atom. The van der Waals surface area contributed by atoms with Gasteiger partial charge < -0.3 is 30.7 Å². The normalized spacial score (nSPS) is 24.8. The molecular weight excluding hydrogens is 407 g/mol. The highest BCUT2D eigenvalue weighted by molar-refractivity contribution is 5.88. The van der Waals surface area contributed by atoms with Gasteiger partial charge in [0.25, 0.3) is 0 Å². The van der Waals surface area contributed by atoms with Crippen molar-refractivity contribution in [3.63, 3.8) is 0 Å². The second-order valence-electron chi connectivity index (χ2n) is 8.25. The van der Waals surface area contributed by atoms with Crippen LogP contribution >= 0.6 is 0 Å². The lowest BCUT2D eigenvalue weighted by Gasteiger charge is -2.31. The molecule has 4 atom stereocenters. The molecule has 170 valence electrons. The fourth-order valence-corrected chi connectivity index (χ4v) is 4.18. The monoisotopic (exact) mass is 436 g/mol. The molecule has 2 aliphatic rings. The molecule has 1 aromatic rings. The molecule has 31 heavy (non-hydrogen) atoms. The van der Waals surface area contributed by atoms with E-state index in [1.807, 2.05) is 4.90 Å². The average Bonchev–Trinajstić information content (AvgIpc) is 3.31. The number of ether oxygens (including phenoxy) is 2. The van der Waals surface area contributed by atoms with Gasteiger partial charge >= 0.3 is 12.2 Å². The molecule has 0 aliphatic carbocycles. The van der Waals surface area contributed by atoms with Crippen molar-refractivity contribution in [2.45, 2.75) is 32.3 Å². The zero-order valence-corrected chi connectivity index (χ0v) is 17.9. The van der Waals surface area contributed by atoms with E-state index in [1.165, 1.54) is 6.07 Å². The van der Waals surface area contributed by atoms with Crippen LogP contribution in [-0.2, 0) is 19.7 Å². The van der Waals surface area contributed by atoms with Crippen LogP contribution < -0.4 is 21.3 Å². The molecular formula is C21H29FN4O5. The maximum atomic E-state index is 15.1. The molecule has 2 fully saturated rings. The standard InChI is InChI=1S/C21H29FN4O5/c1-4-30-19(28)24-8-13-11-26(10-12(13)2)16-6-5-14(7-15(16)22)21(3,18(23)27)17-9-25-20(29)31-17/h5-7,12-13,17H,4,8-11H2,1-3H3,(H2,23,27)(H,24,28)(H,25,29). The summed E-state index contributed by atoms with van der Waals surface area (Å²) in [7, 11) is 0. The number of alkyl carbamates (subject to hydrolysis) is 2. The van der Waals surface area contributed by atoms with Gasteiger partial charge in [0.15, 0.2) is 0 Å². The number of anilines is 1. The largest absolute Gasteiger partial charge is 0.450 e. The fraction of sp³-hybridized carbons (Fsp3) is 0.571. The van der Waals surface area contributed by atoms with Crippen LogP contribution in [0, 0.1) is 17.7 Å². The van der Waals surface area contributed by atoms with Crippen molar-refractivity contribution in [3.8, 4) is 0 Å². The summed E-state index contributed by atoms with van der Waals surface area (Å²) in [6.45, 7) is 7.39. The molecule has 0 bridgehead atoms. The number of carbonyl (C=O) groups excluding carboxylic acids is 3. The number of cyclic esters (lactones) is 1. The lowest BCUT2D eigenvalue weighted by molar-refractivity contribution is -0.126. The zero-order chi connectivity index (χ0) is 22.8. The summed E-state index contributed by atoms with van der Waals surface area (Å²) < 4.78 is 25.2. The van der Waals surface area contributed by atoms with Gasteiger partial charge in [-0.2, -0.15) is 0 Å². The summed E-state index contributed by atoms with van der Waals surface area (Å²) in [6.07, 6.45) is -1.92. The maximum absolute atomic E-state index is 15.1. The van der Waals surface area contributed by atoms with Crippen molar-refractivity contribution in [2.75, 3.05) is 37.7 Å². The van der Waals surface area contributed by atoms with Crippen molar-refractivity contribution in [2.24, 2.45) is 17.6 Å². The highest BCUT2D eigenvalue weighted by atomic mass is 19.1. The van der Waals surface area contributed by atoms with Gasteiger partial charge in [-0.3, -0.25) is 4.79 Å². The van der Waals surface area contributed by atoms with Crippen LogP contribution in [0.1, 0.15) is 26.3 Å². The molecule has 2 saturated heterocycles. The van der Waals surface area contributed by atoms with E-state index in [-0.39, 0.29) is 18.4 Å². The molecule has 3 rings (SSSR count). The van der Waals surface area contributed by atoms with Crippen molar-refractivity contribution in [1.29, 1.82) is 0 Å². The molecule has 4 N–H and O–H groups in total. The van der Waals surface area contributed by atoms with Gasteiger partial charge in [-0.05, 0) is 43.4 Å². The minimum absolute atomic E-state index is 0.112. The van der Waals surface area contributed by atoms with E-state index in [9.17, 15) is 14.4 Å². The minimum atomic E-state index is -1.37. The first-order chi connectivity index (χ1) is 14.7. The molecule has 3 amide bonds. The Labute approximate surface area is 180 Å². The molecule has 0 aromatic heterocycles. The number of carbonyl (C=O) groups is 3. The molecule has 4 unspecified atom stereocenters. The van der Waals surface area contributed by atoms with E-state index in [0.717, 1.165) is 0 Å². The first-order valence-corrected chi connectivity index (χ1v) is 10.4. The minimum Gasteiger partial charge on any atom is -0.450 e. The molecule has 10 heteroatoms. The lowest BCUT2D eigenvalue weighted by atomic mass is 9.76. The number of amides is 3. The highest BCUT2D eigenvalue weighted by Gasteiger charge is 2.47. The lowest BCUT2D eigenvalue weighted by Crippen LogP contribution is -2.49. The Morgan fingerprint density at radius 1 is 1.42 bits per heavy atom. The summed E-state index contributed by atoms with van der Waals surface area (Å²) in [5.41, 5.74) is 4.99. The summed E-state index contributed by atoms with van der Waals surface area (Å²) >= 11 is 0. The number of nitrogens with two attached hydrogens (primary N) is 1. The number of halogens is 1. The molecule has 2 heterocycles. The number of benzene rings is 1. The third-order valence-corrected chi connectivity index (χ3v) is 6.28. The third kappa shape index (κ3) is 4.52. The quantitative estimate of drug-likeness (QED) is 0.595. The predicted molar refractivity (Wildman–Crippen MR) is 111 cm³/mol. The Hall–Kier alpha value is -3.04. The van der Waals surface area contributed by atoms with Crippen LogP contribution in [0.2, 0.25) is 0 Å². The van der Waals surface area contributed by atoms with Crippen molar-refractivity contribution in [1.82, 2.24) is 10.6 Å². The van der Waals surface area contributed by atoms with Crippen LogP contribution in [0.25, 0.3) is 0 Å². The first-order valence-electron chi connectivity index (χ1n) is 10.4. The maximum Gasteiger partial charge on any atom is 0.407 e. The van der Waals surface area contributed by atoms with E-state index in [1.54, 1.807) is 26.0 Å². The van der Waals surface area contributed by atoms with Gasteiger partial charge in [-0.25, -0.2) is 14.0 Å². The van der Waals surface area contributed by atoms with E-state index < -0.39 is 35.4 Å². The van der Waals surface area contributed by atoms with Crippen LogP contribution in [0.5, 0.6) is 0 Å². The summed E-state index contributed by atoms with van der Waals surface area (Å²) in [5, 5.41) is 5.24. The van der Waals surface area contributed by atoms with Gasteiger partial charge in [0.1, 0.15) is 17.3 Å². The predicted octanol–water partition coefficient (Wildman–Crippen LogP) is 1.50. The number of rotatable bonds is 7. The number of primary amides is 1. The number of hydrogen-bond donors (Lipinski definition) is 3. The van der Waals surface area contributed by atoms with Gasteiger partial charge in [0.2, 0.25) is 5.91 Å². The second-order valence-corrected chi connectivity index (χ2v) is 8.25. The smallest absolute Gasteiger partial charge is 0.407 e. The molecule has 0 spiro atoms. The summed E-state index contributed by atoms with van der Waals surface area (Å²) in [6, 6.07) is 4.54. The van der Waals surface area contributed by atoms with E-state index >= 15 is 4.39 Å². The first kappa shape index (κ1) is 22.6. The summed E-state index contributed by atoms with van der Waals surface area (Å²) in [4.78, 5) is 37.2. The van der Waals surface area contributed by atoms with Gasteiger partial charge in [0, 0.05) is 19.6 Å². The van der Waals surface area contributed by atoms with Crippen LogP contribution in [0.4, 0.5) is 19.7 Å². The Kier molecular flexibility index (Phi) is 6.56. The van der Waals surface area contributed by atoms with E-state index in [2.05, 4.69) is 17.6 Å². The molecule has 0 saturated carbocycles. The second kappa shape index (κ2) is 8.99. The van der Waals surface area contributed by atoms with Gasteiger partial charge in [-0.1, -0.05) is 13.0 Å². The number of hydrogen-bond acceptors (Lipinski definition) is 6. The molecule has 0 radical (unpaired) electrons. The van der Waals surface area contributed by atoms with Gasteiger partial charge in [0.05, 0.1) is 18.8 Å². The van der Waals surface area contributed by atoms with Gasteiger partial charge in [-0.15, -0.1) is 0 Å². The summed E-state index contributed by atoms with van der Waals surface area (Å²) in [5.74, 6) is -0.821. The fourth-order valence-electron chi connectivity index (χ4n) is 4.18. The van der Waals surface area contributed by atoms with E-state index in [0.29, 0.717) is 37.5 Å². The molecule has 2 aliphatic heterocycles. The topological polar surface area (TPSA) is 123 Å². The SMILES string of the molecule is CCOC(=O)NCC1CN(c2ccc(C(C)(C(N)=O)C3CNC(=O)O3)cc2F)CC1C. The van der Waals surface area contributed by atoms with Crippen molar-refractivity contribution >= 4 is 23.8 Å². The third-order valence-electron chi connectivity index (χ3n) is 6.28. The Bertz CT molecular complexity index is 866. The van der Waals surface area contributed by atoms with E-state index in [4.69, 9.17) is 15.2 Å². The molecule has 1 aromatic carbocycles. The van der Waals surface area contributed by atoms with Crippen LogP contribution in [0.3, 0.4) is 0 Å². The van der Waals surface area contributed by atoms with Crippen molar-refractivity contribution in [3.05, 3.63) is 29.6 Å². The van der Waals surface area contributed by atoms with Crippen molar-refractivity contribution < 1.29 is 28.2 Å². The van der Waals surface area contributed by atoms with Crippen LogP contribution in [-0.4, -0.2) is 57.0 Å².